The lowest BCUT2D eigenvalue weighted by molar-refractivity contribution is 0.0942. The number of carbonyl (C=O) groups excluding carboxylic acids is 1. The zero-order chi connectivity index (χ0) is 12.0. The predicted octanol–water partition coefficient (Wildman–Crippen LogP) is 2.80. The number of ketones is 1. The summed E-state index contributed by atoms with van der Waals surface area (Å²) in [5, 5.41) is 0. The van der Waals surface area contributed by atoms with E-state index in [0.717, 1.165) is 12.0 Å². The van der Waals surface area contributed by atoms with Crippen molar-refractivity contribution in [2.45, 2.75) is 26.3 Å². The third-order valence-corrected chi connectivity index (χ3v) is 2.48. The van der Waals surface area contributed by atoms with E-state index in [9.17, 15) is 4.79 Å². The minimum atomic E-state index is -0.0617. The first-order valence-electron chi connectivity index (χ1n) is 5.68. The van der Waals surface area contributed by atoms with E-state index in [2.05, 4.69) is 0 Å². The lowest BCUT2D eigenvalue weighted by Gasteiger charge is -2.09. The smallest absolute Gasteiger partial charge is 0.169 e. The molecule has 0 fully saturated rings. The van der Waals surface area contributed by atoms with Gasteiger partial charge in [-0.3, -0.25) is 4.79 Å². The molecule has 2 nitrogen and oxygen atoms in total. The molecular formula is C14H19NO. The molecule has 0 radical (unpaired) electrons. The molecule has 2 unspecified atom stereocenters. The van der Waals surface area contributed by atoms with Crippen LogP contribution in [0.3, 0.4) is 0 Å². The highest BCUT2D eigenvalue weighted by atomic mass is 16.1. The number of nitrogens with two attached hydrogens (primary N) is 1. The Morgan fingerprint density at radius 3 is 2.44 bits per heavy atom. The Balaban J connectivity index is 2.78. The average Bonchev–Trinajstić information content (AvgIpc) is 2.30. The summed E-state index contributed by atoms with van der Waals surface area (Å²) in [6.45, 7) is 3.91. The number of hydrogen-bond acceptors (Lipinski definition) is 2. The Bertz CT molecular complexity index is 354. The molecule has 2 N–H and O–H groups in total. The topological polar surface area (TPSA) is 43.1 Å². The first-order valence-corrected chi connectivity index (χ1v) is 5.68. The number of Topliss-reactive ketones (excluding diaryl/α,β-unsaturated/α-hetero) is 1. The first-order chi connectivity index (χ1) is 7.65. The van der Waals surface area contributed by atoms with Gasteiger partial charge in [0, 0.05) is 17.5 Å². The van der Waals surface area contributed by atoms with Gasteiger partial charge in [-0.15, -0.1) is 0 Å². The van der Waals surface area contributed by atoms with Gasteiger partial charge in [0.05, 0.1) is 0 Å². The van der Waals surface area contributed by atoms with Gasteiger partial charge in [-0.05, 0) is 13.3 Å². The number of carbonyl (C=O) groups is 1. The fourth-order valence-corrected chi connectivity index (χ4v) is 1.53. The van der Waals surface area contributed by atoms with Crippen LogP contribution in [0.5, 0.6) is 0 Å². The highest BCUT2D eigenvalue weighted by Crippen LogP contribution is 2.13. The first kappa shape index (κ1) is 12.7. The number of hydrogen-bond donors (Lipinski definition) is 1. The quantitative estimate of drug-likeness (QED) is 0.608. The van der Waals surface area contributed by atoms with Gasteiger partial charge in [0.25, 0.3) is 0 Å². The van der Waals surface area contributed by atoms with Gasteiger partial charge >= 0.3 is 0 Å². The Kier molecular flexibility index (Phi) is 4.93. The van der Waals surface area contributed by atoms with Crippen molar-refractivity contribution in [1.29, 1.82) is 0 Å². The molecule has 86 valence electrons. The van der Waals surface area contributed by atoms with Gasteiger partial charge in [-0.1, -0.05) is 49.4 Å². The van der Waals surface area contributed by atoms with E-state index in [4.69, 9.17) is 5.73 Å². The Hall–Kier alpha value is -1.41. The molecule has 0 saturated heterocycles. The van der Waals surface area contributed by atoms with E-state index in [0.29, 0.717) is 0 Å². The van der Waals surface area contributed by atoms with Crippen molar-refractivity contribution in [3.8, 4) is 0 Å². The standard InChI is InChI=1S/C14H19NO/c1-3-12(10-9-11(2)15)14(16)13-7-5-4-6-8-13/h4-12H,3,15H2,1-2H3/b10-9-. The maximum Gasteiger partial charge on any atom is 0.169 e. The molecule has 0 heterocycles. The third-order valence-electron chi connectivity index (χ3n) is 2.48. The molecule has 1 aromatic carbocycles. The van der Waals surface area contributed by atoms with Crippen molar-refractivity contribution in [2.24, 2.45) is 11.7 Å². The molecule has 0 saturated carbocycles. The fraction of sp³-hybridized carbons (Fsp3) is 0.357. The summed E-state index contributed by atoms with van der Waals surface area (Å²) in [5.41, 5.74) is 6.40. The van der Waals surface area contributed by atoms with Crippen LogP contribution >= 0.6 is 0 Å². The SMILES string of the molecule is CCC(/C=C\C(C)N)C(=O)c1ccccc1. The van der Waals surface area contributed by atoms with Gasteiger partial charge in [0.2, 0.25) is 0 Å². The zero-order valence-electron chi connectivity index (χ0n) is 9.89. The van der Waals surface area contributed by atoms with E-state index < -0.39 is 0 Å². The van der Waals surface area contributed by atoms with Crippen LogP contribution in [-0.2, 0) is 0 Å². The molecule has 0 spiro atoms. The van der Waals surface area contributed by atoms with Gasteiger partial charge < -0.3 is 5.73 Å². The van der Waals surface area contributed by atoms with E-state index >= 15 is 0 Å². The van der Waals surface area contributed by atoms with Crippen LogP contribution in [0.15, 0.2) is 42.5 Å². The molecule has 2 heteroatoms. The number of allylic oxidation sites excluding steroid dienone is 1. The molecule has 1 rings (SSSR count). The molecule has 0 aliphatic carbocycles. The van der Waals surface area contributed by atoms with Crippen LogP contribution < -0.4 is 5.73 Å². The van der Waals surface area contributed by atoms with Crippen LogP contribution in [0.1, 0.15) is 30.6 Å². The van der Waals surface area contributed by atoms with Crippen LogP contribution in [0, 0.1) is 5.92 Å². The van der Waals surface area contributed by atoms with Crippen LogP contribution in [0.25, 0.3) is 0 Å². The zero-order valence-corrected chi connectivity index (χ0v) is 9.89. The maximum atomic E-state index is 12.1. The molecular weight excluding hydrogens is 198 g/mol. The van der Waals surface area contributed by atoms with Gasteiger partial charge in [-0.2, -0.15) is 0 Å². The third kappa shape index (κ3) is 3.63. The summed E-state index contributed by atoms with van der Waals surface area (Å²) in [6, 6.07) is 9.38. The van der Waals surface area contributed by atoms with Crippen LogP contribution in [0.4, 0.5) is 0 Å². The number of benzene rings is 1. The van der Waals surface area contributed by atoms with Crippen LogP contribution in [0.2, 0.25) is 0 Å². The lowest BCUT2D eigenvalue weighted by Crippen LogP contribution is -2.15. The molecule has 0 bridgehead atoms. The molecule has 16 heavy (non-hydrogen) atoms. The second kappa shape index (κ2) is 6.23. The summed E-state index contributed by atoms with van der Waals surface area (Å²) in [4.78, 5) is 12.1. The van der Waals surface area contributed by atoms with Crippen molar-refractivity contribution < 1.29 is 4.79 Å². The monoisotopic (exact) mass is 217 g/mol. The molecule has 0 amide bonds. The van der Waals surface area contributed by atoms with Gasteiger partial charge in [0.1, 0.15) is 0 Å². The van der Waals surface area contributed by atoms with Gasteiger partial charge in [0.15, 0.2) is 5.78 Å². The second-order valence-corrected chi connectivity index (χ2v) is 3.99. The summed E-state index contributed by atoms with van der Waals surface area (Å²) >= 11 is 0. The minimum absolute atomic E-state index is 0.00220. The Morgan fingerprint density at radius 1 is 1.31 bits per heavy atom. The summed E-state index contributed by atoms with van der Waals surface area (Å²) in [7, 11) is 0. The van der Waals surface area contributed by atoms with Crippen molar-refractivity contribution >= 4 is 5.78 Å². The molecule has 0 aliphatic rings. The van der Waals surface area contributed by atoms with Gasteiger partial charge in [-0.25, -0.2) is 0 Å². The highest BCUT2D eigenvalue weighted by molar-refractivity contribution is 5.98. The predicted molar refractivity (Wildman–Crippen MR) is 67.3 cm³/mol. The average molecular weight is 217 g/mol. The Morgan fingerprint density at radius 2 is 1.94 bits per heavy atom. The van der Waals surface area contributed by atoms with Crippen molar-refractivity contribution in [2.75, 3.05) is 0 Å². The highest BCUT2D eigenvalue weighted by Gasteiger charge is 2.14. The lowest BCUT2D eigenvalue weighted by atomic mass is 9.94. The summed E-state index contributed by atoms with van der Waals surface area (Å²) < 4.78 is 0. The van der Waals surface area contributed by atoms with E-state index in [1.807, 2.05) is 56.3 Å². The molecule has 0 aromatic heterocycles. The second-order valence-electron chi connectivity index (χ2n) is 3.99. The minimum Gasteiger partial charge on any atom is -0.325 e. The number of rotatable bonds is 5. The van der Waals surface area contributed by atoms with Crippen molar-refractivity contribution in [3.63, 3.8) is 0 Å². The van der Waals surface area contributed by atoms with Crippen molar-refractivity contribution in [1.82, 2.24) is 0 Å². The van der Waals surface area contributed by atoms with E-state index in [1.165, 1.54) is 0 Å². The molecule has 0 aliphatic heterocycles. The normalized spacial score (nSPS) is 14.9. The largest absolute Gasteiger partial charge is 0.325 e. The van der Waals surface area contributed by atoms with E-state index in [-0.39, 0.29) is 17.7 Å². The van der Waals surface area contributed by atoms with Crippen molar-refractivity contribution in [3.05, 3.63) is 48.0 Å². The molecule has 2 atom stereocenters. The maximum absolute atomic E-state index is 12.1. The molecule has 1 aromatic rings. The fourth-order valence-electron chi connectivity index (χ4n) is 1.53. The Labute approximate surface area is 97.2 Å². The van der Waals surface area contributed by atoms with E-state index in [1.54, 1.807) is 0 Å². The van der Waals surface area contributed by atoms with Crippen LogP contribution in [-0.4, -0.2) is 11.8 Å². The summed E-state index contributed by atoms with van der Waals surface area (Å²) in [6.07, 6.45) is 4.60. The summed E-state index contributed by atoms with van der Waals surface area (Å²) in [5.74, 6) is 0.105.